The van der Waals surface area contributed by atoms with Crippen molar-refractivity contribution in [2.75, 3.05) is 4.90 Å². The average molecular weight is 754 g/mol. The molecule has 0 bridgehead atoms. The van der Waals surface area contributed by atoms with Crippen molar-refractivity contribution in [3.05, 3.63) is 212 Å². The van der Waals surface area contributed by atoms with Gasteiger partial charge in [-0.1, -0.05) is 146 Å². The maximum atomic E-state index is 6.66. The Morgan fingerprint density at radius 2 is 0.864 bits per heavy atom. The summed E-state index contributed by atoms with van der Waals surface area (Å²) >= 11 is 0. The Morgan fingerprint density at radius 3 is 1.68 bits per heavy atom. The zero-order valence-electron chi connectivity index (χ0n) is 32.0. The van der Waals surface area contributed by atoms with Crippen molar-refractivity contribution in [3.63, 3.8) is 0 Å². The van der Waals surface area contributed by atoms with Crippen LogP contribution in [0.15, 0.2) is 221 Å². The fourth-order valence-electron chi connectivity index (χ4n) is 8.98. The highest BCUT2D eigenvalue weighted by Crippen LogP contribution is 2.46. The number of hydrogen-bond donors (Lipinski definition) is 0. The molecule has 0 amide bonds. The van der Waals surface area contributed by atoms with Gasteiger partial charge in [0.1, 0.15) is 22.3 Å². The Morgan fingerprint density at radius 1 is 0.305 bits per heavy atom. The van der Waals surface area contributed by atoms with Crippen LogP contribution < -0.4 is 4.90 Å². The zero-order chi connectivity index (χ0) is 38.9. The summed E-state index contributed by atoms with van der Waals surface area (Å²) in [6.45, 7) is 0. The molecule has 12 aromatic rings. The lowest BCUT2D eigenvalue weighted by Crippen LogP contribution is -2.11. The van der Waals surface area contributed by atoms with E-state index in [9.17, 15) is 0 Å². The van der Waals surface area contributed by atoms with Gasteiger partial charge >= 0.3 is 0 Å². The fourth-order valence-corrected chi connectivity index (χ4v) is 8.98. The van der Waals surface area contributed by atoms with E-state index in [1.54, 1.807) is 0 Å². The Hall–Kier alpha value is -7.88. The summed E-state index contributed by atoms with van der Waals surface area (Å²) in [5.74, 6) is 0. The third-order valence-corrected chi connectivity index (χ3v) is 11.9. The van der Waals surface area contributed by atoms with Crippen molar-refractivity contribution in [1.82, 2.24) is 0 Å². The summed E-state index contributed by atoms with van der Waals surface area (Å²) in [5.41, 5.74) is 13.6. The van der Waals surface area contributed by atoms with Gasteiger partial charge in [-0.3, -0.25) is 0 Å². The van der Waals surface area contributed by atoms with Crippen LogP contribution in [-0.2, 0) is 0 Å². The second kappa shape index (κ2) is 13.4. The zero-order valence-corrected chi connectivity index (χ0v) is 32.0. The van der Waals surface area contributed by atoms with Crippen molar-refractivity contribution in [3.8, 4) is 33.4 Å². The van der Waals surface area contributed by atoms with Crippen LogP contribution >= 0.6 is 0 Å². The van der Waals surface area contributed by atoms with Crippen molar-refractivity contribution in [2.45, 2.75) is 0 Å². The lowest BCUT2D eigenvalue weighted by atomic mass is 9.96. The molecule has 0 saturated carbocycles. The Kier molecular flexibility index (Phi) is 7.54. The average Bonchev–Trinajstić information content (AvgIpc) is 3.88. The lowest BCUT2D eigenvalue weighted by Gasteiger charge is -2.28. The minimum Gasteiger partial charge on any atom is -0.456 e. The fraction of sp³-hybridized carbons (Fsp3) is 0. The molecule has 0 spiro atoms. The van der Waals surface area contributed by atoms with E-state index in [1.165, 1.54) is 27.3 Å². The van der Waals surface area contributed by atoms with Gasteiger partial charge in [-0.2, -0.15) is 0 Å². The molecule has 12 rings (SSSR count). The number of hydrogen-bond acceptors (Lipinski definition) is 3. The summed E-state index contributed by atoms with van der Waals surface area (Å²) in [6, 6.07) is 75.8. The summed E-state index contributed by atoms with van der Waals surface area (Å²) in [7, 11) is 0. The third kappa shape index (κ3) is 5.51. The van der Waals surface area contributed by atoms with Crippen molar-refractivity contribution in [1.29, 1.82) is 0 Å². The maximum absolute atomic E-state index is 6.66. The first-order valence-electron chi connectivity index (χ1n) is 20.1. The van der Waals surface area contributed by atoms with E-state index >= 15 is 0 Å². The first-order valence-corrected chi connectivity index (χ1v) is 20.1. The smallest absolute Gasteiger partial charge is 0.143 e. The molecule has 0 N–H and O–H groups in total. The van der Waals surface area contributed by atoms with E-state index in [2.05, 4.69) is 205 Å². The molecule has 2 heterocycles. The highest BCUT2D eigenvalue weighted by molar-refractivity contribution is 6.19. The maximum Gasteiger partial charge on any atom is 0.143 e. The number of fused-ring (bicyclic) bond motifs is 9. The molecular formula is C56H35NO2. The summed E-state index contributed by atoms with van der Waals surface area (Å²) in [5, 5.41) is 9.25. The van der Waals surface area contributed by atoms with Crippen LogP contribution in [0.4, 0.5) is 17.1 Å². The molecule has 276 valence electrons. The van der Waals surface area contributed by atoms with Gasteiger partial charge < -0.3 is 13.7 Å². The van der Waals surface area contributed by atoms with Gasteiger partial charge in [0.25, 0.3) is 0 Å². The van der Waals surface area contributed by atoms with E-state index in [0.29, 0.717) is 0 Å². The Balaban J connectivity index is 1.01. The van der Waals surface area contributed by atoms with Crippen molar-refractivity contribution < 1.29 is 8.83 Å². The number of furan rings is 2. The second-order valence-electron chi connectivity index (χ2n) is 15.3. The molecule has 0 atom stereocenters. The molecule has 0 aliphatic rings. The molecule has 0 saturated heterocycles. The Bertz CT molecular complexity index is 3550. The van der Waals surface area contributed by atoms with E-state index < -0.39 is 0 Å². The number of anilines is 3. The third-order valence-electron chi connectivity index (χ3n) is 11.9. The second-order valence-corrected chi connectivity index (χ2v) is 15.3. The van der Waals surface area contributed by atoms with E-state index in [0.717, 1.165) is 88.6 Å². The van der Waals surface area contributed by atoms with Gasteiger partial charge in [-0.25, -0.2) is 0 Å². The monoisotopic (exact) mass is 753 g/mol. The van der Waals surface area contributed by atoms with Crippen LogP contribution in [0.2, 0.25) is 0 Å². The predicted octanol–water partition coefficient (Wildman–Crippen LogP) is 16.3. The van der Waals surface area contributed by atoms with Crippen LogP contribution in [0, 0.1) is 0 Å². The first kappa shape index (κ1) is 33.3. The molecule has 10 aromatic carbocycles. The molecule has 2 aromatic heterocycles. The lowest BCUT2D eigenvalue weighted by molar-refractivity contribution is 0.669. The molecule has 0 fully saturated rings. The molecule has 3 heteroatoms. The molecule has 3 nitrogen and oxygen atoms in total. The van der Waals surface area contributed by atoms with Gasteiger partial charge in [-0.05, 0) is 111 Å². The summed E-state index contributed by atoms with van der Waals surface area (Å²) in [6.07, 6.45) is 0. The van der Waals surface area contributed by atoms with Crippen LogP contribution in [-0.4, -0.2) is 0 Å². The number of rotatable bonds is 6. The van der Waals surface area contributed by atoms with Crippen LogP contribution in [0.25, 0.3) is 98.8 Å². The van der Waals surface area contributed by atoms with Gasteiger partial charge in [0.2, 0.25) is 0 Å². The van der Waals surface area contributed by atoms with Crippen molar-refractivity contribution in [2.24, 2.45) is 0 Å². The predicted molar refractivity (Wildman–Crippen MR) is 247 cm³/mol. The molecule has 0 unspecified atom stereocenters. The molecule has 0 aliphatic heterocycles. The normalized spacial score (nSPS) is 11.7. The topological polar surface area (TPSA) is 29.5 Å². The quantitative estimate of drug-likeness (QED) is 0.169. The van der Waals surface area contributed by atoms with E-state index in [4.69, 9.17) is 8.83 Å². The molecule has 59 heavy (non-hydrogen) atoms. The summed E-state index contributed by atoms with van der Waals surface area (Å²) in [4.78, 5) is 2.38. The number of nitrogens with zero attached hydrogens (tertiary/aromatic N) is 1. The highest BCUT2D eigenvalue weighted by Gasteiger charge is 2.21. The SMILES string of the molecule is c1ccc(N(c2ccc(-c3ccc4ccccc4c3)cc2)c2ccc(-c3ccc4c(c3)oc3ccccc34)cc2)c(-c2cccc3oc4c5ccccc5ccc4c23)c1. The number of para-hydroxylation sites is 2. The van der Waals surface area contributed by atoms with Gasteiger partial charge in [0.05, 0.1) is 5.69 Å². The van der Waals surface area contributed by atoms with Crippen LogP contribution in [0.5, 0.6) is 0 Å². The van der Waals surface area contributed by atoms with E-state index in [1.807, 2.05) is 12.1 Å². The first-order chi connectivity index (χ1) is 29.2. The molecule has 0 aliphatic carbocycles. The highest BCUT2D eigenvalue weighted by atomic mass is 16.3. The van der Waals surface area contributed by atoms with Gasteiger partial charge in [-0.15, -0.1) is 0 Å². The van der Waals surface area contributed by atoms with Gasteiger partial charge in [0, 0.05) is 43.9 Å². The van der Waals surface area contributed by atoms with Crippen LogP contribution in [0.1, 0.15) is 0 Å². The van der Waals surface area contributed by atoms with Crippen LogP contribution in [0.3, 0.4) is 0 Å². The largest absolute Gasteiger partial charge is 0.456 e. The summed E-state index contributed by atoms with van der Waals surface area (Å²) < 4.78 is 12.9. The molecular weight excluding hydrogens is 719 g/mol. The van der Waals surface area contributed by atoms with Gasteiger partial charge in [0.15, 0.2) is 0 Å². The molecule has 0 radical (unpaired) electrons. The minimum absolute atomic E-state index is 0.876. The van der Waals surface area contributed by atoms with E-state index in [-0.39, 0.29) is 0 Å². The standard InChI is InChI=1S/C56H35NO2/c1-2-12-40-34-41(21-20-36(40)10-1)37-22-28-43(29-23-37)57(44-30-24-38(25-31-44)42-27-32-48-47-15-6-8-18-52(47)58-54(48)35-42)51-17-7-5-14-46(51)49-16-9-19-53-55(49)50-33-26-39-11-3-4-13-45(39)56(50)59-53/h1-35H. The minimum atomic E-state index is 0.876. The van der Waals surface area contributed by atoms with Crippen molar-refractivity contribution >= 4 is 82.5 Å². The number of benzene rings is 10. The Labute approximate surface area is 340 Å².